The van der Waals surface area contributed by atoms with Crippen LogP contribution in [0.4, 0.5) is 0 Å². The summed E-state index contributed by atoms with van der Waals surface area (Å²) < 4.78 is 4.98. The van der Waals surface area contributed by atoms with Crippen molar-refractivity contribution in [2.24, 2.45) is 5.92 Å². The van der Waals surface area contributed by atoms with Crippen LogP contribution < -0.4 is 5.32 Å². The Morgan fingerprint density at radius 3 is 2.40 bits per heavy atom. The SMILES string of the molecule is CCNC(C)(CC(C)N(CC1CC1)C(C)C)C(=O)OC. The molecule has 1 aliphatic carbocycles. The molecular weight excluding hydrogens is 252 g/mol. The molecule has 1 fully saturated rings. The zero-order valence-electron chi connectivity index (χ0n) is 14.0. The van der Waals surface area contributed by atoms with Crippen molar-refractivity contribution >= 4 is 5.97 Å². The number of nitrogens with one attached hydrogen (secondary N) is 1. The number of hydrogen-bond acceptors (Lipinski definition) is 4. The topological polar surface area (TPSA) is 41.6 Å². The number of likely N-dealkylation sites (N-methyl/N-ethyl adjacent to an activating group) is 1. The maximum atomic E-state index is 12.1. The number of methoxy groups -OCH3 is 1. The van der Waals surface area contributed by atoms with Crippen molar-refractivity contribution in [2.75, 3.05) is 20.2 Å². The van der Waals surface area contributed by atoms with E-state index in [1.807, 2.05) is 13.8 Å². The highest BCUT2D eigenvalue weighted by atomic mass is 16.5. The van der Waals surface area contributed by atoms with Gasteiger partial charge >= 0.3 is 5.97 Å². The third-order valence-corrected chi connectivity index (χ3v) is 4.30. The monoisotopic (exact) mass is 284 g/mol. The van der Waals surface area contributed by atoms with E-state index in [9.17, 15) is 4.79 Å². The number of hydrogen-bond donors (Lipinski definition) is 1. The highest BCUT2D eigenvalue weighted by molar-refractivity contribution is 5.80. The van der Waals surface area contributed by atoms with Gasteiger partial charge in [-0.1, -0.05) is 6.92 Å². The average Bonchev–Trinajstić information content (AvgIpc) is 3.18. The van der Waals surface area contributed by atoms with Crippen molar-refractivity contribution in [3.05, 3.63) is 0 Å². The summed E-state index contributed by atoms with van der Waals surface area (Å²) in [7, 11) is 1.47. The fourth-order valence-corrected chi connectivity index (χ4v) is 3.05. The summed E-state index contributed by atoms with van der Waals surface area (Å²) in [6, 6.07) is 0.868. The number of rotatable bonds is 9. The van der Waals surface area contributed by atoms with Crippen LogP contribution in [0.1, 0.15) is 53.9 Å². The lowest BCUT2D eigenvalue weighted by atomic mass is 9.92. The molecule has 2 unspecified atom stereocenters. The van der Waals surface area contributed by atoms with E-state index < -0.39 is 5.54 Å². The Morgan fingerprint density at radius 1 is 1.40 bits per heavy atom. The maximum absolute atomic E-state index is 12.1. The Hall–Kier alpha value is -0.610. The van der Waals surface area contributed by atoms with Crippen LogP contribution in [0.2, 0.25) is 0 Å². The van der Waals surface area contributed by atoms with E-state index in [1.54, 1.807) is 0 Å². The Bertz CT molecular complexity index is 316. The van der Waals surface area contributed by atoms with E-state index >= 15 is 0 Å². The van der Waals surface area contributed by atoms with Crippen molar-refractivity contribution in [3.63, 3.8) is 0 Å². The van der Waals surface area contributed by atoms with Gasteiger partial charge in [-0.15, -0.1) is 0 Å². The minimum absolute atomic E-state index is 0.165. The lowest BCUT2D eigenvalue weighted by Gasteiger charge is -2.38. The molecule has 0 aromatic heterocycles. The zero-order valence-corrected chi connectivity index (χ0v) is 14.0. The first kappa shape index (κ1) is 17.4. The van der Waals surface area contributed by atoms with Gasteiger partial charge in [0, 0.05) is 18.6 Å². The van der Waals surface area contributed by atoms with Gasteiger partial charge in [0.05, 0.1) is 7.11 Å². The summed E-state index contributed by atoms with van der Waals surface area (Å²) >= 11 is 0. The number of nitrogens with zero attached hydrogens (tertiary/aromatic N) is 1. The molecule has 4 nitrogen and oxygen atoms in total. The van der Waals surface area contributed by atoms with Gasteiger partial charge in [-0.3, -0.25) is 9.69 Å². The van der Waals surface area contributed by atoms with Crippen molar-refractivity contribution in [1.82, 2.24) is 10.2 Å². The molecule has 0 heterocycles. The summed E-state index contributed by atoms with van der Waals surface area (Å²) in [5, 5.41) is 3.30. The average molecular weight is 284 g/mol. The van der Waals surface area contributed by atoms with Gasteiger partial charge in [-0.25, -0.2) is 0 Å². The van der Waals surface area contributed by atoms with Gasteiger partial charge in [0.2, 0.25) is 0 Å². The van der Waals surface area contributed by atoms with Crippen molar-refractivity contribution < 1.29 is 9.53 Å². The summed E-state index contributed by atoms with van der Waals surface area (Å²) in [5.74, 6) is 0.699. The van der Waals surface area contributed by atoms with E-state index in [4.69, 9.17) is 4.74 Å². The second kappa shape index (κ2) is 7.41. The molecule has 0 spiro atoms. The Balaban J connectivity index is 2.70. The lowest BCUT2D eigenvalue weighted by molar-refractivity contribution is -0.148. The predicted octanol–water partition coefficient (Wildman–Crippen LogP) is 2.43. The second-order valence-corrected chi connectivity index (χ2v) is 6.64. The molecule has 0 saturated heterocycles. The highest BCUT2D eigenvalue weighted by Gasteiger charge is 2.37. The molecule has 0 bridgehead atoms. The van der Waals surface area contributed by atoms with E-state index in [0.29, 0.717) is 12.1 Å². The van der Waals surface area contributed by atoms with Gasteiger partial charge < -0.3 is 10.1 Å². The molecule has 1 saturated carbocycles. The van der Waals surface area contributed by atoms with Crippen LogP contribution in [0.25, 0.3) is 0 Å². The second-order valence-electron chi connectivity index (χ2n) is 6.64. The molecule has 1 rings (SSSR count). The highest BCUT2D eigenvalue weighted by Crippen LogP contribution is 2.32. The third kappa shape index (κ3) is 4.74. The minimum atomic E-state index is -0.598. The molecule has 0 aromatic carbocycles. The third-order valence-electron chi connectivity index (χ3n) is 4.30. The van der Waals surface area contributed by atoms with Crippen LogP contribution in [0, 0.1) is 5.92 Å². The molecular formula is C16H32N2O2. The summed E-state index contributed by atoms with van der Waals surface area (Å²) in [6.07, 6.45) is 3.49. The van der Waals surface area contributed by atoms with Crippen molar-refractivity contribution in [1.29, 1.82) is 0 Å². The summed E-state index contributed by atoms with van der Waals surface area (Å²) in [5.41, 5.74) is -0.598. The fraction of sp³-hybridized carbons (Fsp3) is 0.938. The first-order chi connectivity index (χ1) is 9.34. The number of carbonyl (C=O) groups is 1. The number of esters is 1. The molecule has 0 aromatic rings. The molecule has 0 radical (unpaired) electrons. The summed E-state index contributed by atoms with van der Waals surface area (Å²) in [6.45, 7) is 12.6. The van der Waals surface area contributed by atoms with E-state index in [1.165, 1.54) is 20.0 Å². The van der Waals surface area contributed by atoms with Crippen LogP contribution >= 0.6 is 0 Å². The molecule has 20 heavy (non-hydrogen) atoms. The van der Waals surface area contributed by atoms with Gasteiger partial charge in [0.25, 0.3) is 0 Å². The van der Waals surface area contributed by atoms with Crippen LogP contribution in [-0.4, -0.2) is 48.7 Å². The van der Waals surface area contributed by atoms with Gasteiger partial charge in [-0.05, 0) is 59.4 Å². The molecule has 1 aliphatic rings. The Kier molecular flexibility index (Phi) is 6.46. The van der Waals surface area contributed by atoms with Gasteiger partial charge in [0.1, 0.15) is 5.54 Å². The first-order valence-corrected chi connectivity index (χ1v) is 7.93. The maximum Gasteiger partial charge on any atom is 0.325 e. The van der Waals surface area contributed by atoms with E-state index in [0.717, 1.165) is 25.4 Å². The van der Waals surface area contributed by atoms with Crippen LogP contribution in [0.5, 0.6) is 0 Å². The number of ether oxygens (including phenoxy) is 1. The van der Waals surface area contributed by atoms with Gasteiger partial charge in [0.15, 0.2) is 0 Å². The molecule has 118 valence electrons. The molecule has 1 N–H and O–H groups in total. The predicted molar refractivity (Wildman–Crippen MR) is 82.7 cm³/mol. The zero-order chi connectivity index (χ0) is 15.3. The minimum Gasteiger partial charge on any atom is -0.468 e. The lowest BCUT2D eigenvalue weighted by Crippen LogP contribution is -2.55. The largest absolute Gasteiger partial charge is 0.468 e. The van der Waals surface area contributed by atoms with Crippen LogP contribution in [-0.2, 0) is 9.53 Å². The normalized spacial score (nSPS) is 20.0. The fourth-order valence-electron chi connectivity index (χ4n) is 3.05. The smallest absolute Gasteiger partial charge is 0.325 e. The summed E-state index contributed by atoms with van der Waals surface area (Å²) in [4.78, 5) is 14.6. The quantitative estimate of drug-likeness (QED) is 0.660. The standard InChI is InChI=1S/C16H32N2O2/c1-7-17-16(5,15(19)20-6)10-13(4)18(12(2)3)11-14-8-9-14/h12-14,17H,7-11H2,1-6H3. The Labute approximate surface area is 124 Å². The van der Waals surface area contributed by atoms with Gasteiger partial charge in [-0.2, -0.15) is 0 Å². The first-order valence-electron chi connectivity index (χ1n) is 7.93. The molecule has 0 amide bonds. The van der Waals surface area contributed by atoms with E-state index in [-0.39, 0.29) is 5.97 Å². The molecule has 2 atom stereocenters. The molecule has 0 aliphatic heterocycles. The van der Waals surface area contributed by atoms with Crippen LogP contribution in [0.15, 0.2) is 0 Å². The Morgan fingerprint density at radius 2 is 2.00 bits per heavy atom. The van der Waals surface area contributed by atoms with Crippen molar-refractivity contribution in [3.8, 4) is 0 Å². The van der Waals surface area contributed by atoms with Crippen LogP contribution in [0.3, 0.4) is 0 Å². The van der Waals surface area contributed by atoms with Crippen molar-refractivity contribution in [2.45, 2.75) is 71.5 Å². The van der Waals surface area contributed by atoms with E-state index in [2.05, 4.69) is 31.0 Å². The number of carbonyl (C=O) groups excluding carboxylic acids is 1. The molecule has 4 heteroatoms.